The second-order valence-corrected chi connectivity index (χ2v) is 4.70. The van der Waals surface area contributed by atoms with Crippen LogP contribution < -0.4 is 0 Å². The predicted octanol–water partition coefficient (Wildman–Crippen LogP) is 1.63. The summed E-state index contributed by atoms with van der Waals surface area (Å²) in [4.78, 5) is 19.7. The highest BCUT2D eigenvalue weighted by Crippen LogP contribution is 2.14. The lowest BCUT2D eigenvalue weighted by molar-refractivity contribution is -0.139. The van der Waals surface area contributed by atoms with Crippen molar-refractivity contribution in [3.05, 3.63) is 30.2 Å². The van der Waals surface area contributed by atoms with Gasteiger partial charge >= 0.3 is 5.97 Å². The first-order chi connectivity index (χ1) is 9.19. The van der Waals surface area contributed by atoms with Crippen LogP contribution in [0.1, 0.15) is 12.5 Å². The molecule has 0 aliphatic rings. The highest BCUT2D eigenvalue weighted by Gasteiger charge is 2.07. The molecule has 0 N–H and O–H groups in total. The van der Waals surface area contributed by atoms with E-state index in [1.54, 1.807) is 30.1 Å². The molecule has 2 aromatic rings. The van der Waals surface area contributed by atoms with Gasteiger partial charge < -0.3 is 4.74 Å². The van der Waals surface area contributed by atoms with Crippen LogP contribution in [-0.2, 0) is 9.53 Å². The van der Waals surface area contributed by atoms with Crippen LogP contribution in [0.4, 0.5) is 0 Å². The molecule has 6 nitrogen and oxygen atoms in total. The number of thioether (sulfide) groups is 1. The van der Waals surface area contributed by atoms with Gasteiger partial charge in [-0.1, -0.05) is 11.8 Å². The highest BCUT2D eigenvalue weighted by atomic mass is 32.2. The molecule has 0 unspecified atom stereocenters. The molecule has 0 aliphatic carbocycles. The van der Waals surface area contributed by atoms with Gasteiger partial charge in [-0.05, 0) is 19.4 Å². The van der Waals surface area contributed by atoms with Gasteiger partial charge in [-0.2, -0.15) is 5.10 Å². The van der Waals surface area contributed by atoms with Crippen molar-refractivity contribution in [1.29, 1.82) is 0 Å². The average Bonchev–Trinajstić information content (AvgIpc) is 2.84. The SMILES string of the molecule is CCOC(=O)CSc1nccc(-n2cc(C)cn2)n1. The van der Waals surface area contributed by atoms with Crippen LogP contribution >= 0.6 is 11.8 Å². The zero-order valence-electron chi connectivity index (χ0n) is 10.7. The number of hydrogen-bond acceptors (Lipinski definition) is 6. The molecular formula is C12H14N4O2S. The number of carbonyl (C=O) groups excluding carboxylic acids is 1. The first-order valence-electron chi connectivity index (χ1n) is 5.82. The molecule has 0 fully saturated rings. The Balaban J connectivity index is 2.05. The van der Waals surface area contributed by atoms with E-state index in [2.05, 4.69) is 15.1 Å². The first-order valence-corrected chi connectivity index (χ1v) is 6.80. The number of esters is 1. The van der Waals surface area contributed by atoms with Crippen LogP contribution in [0.15, 0.2) is 29.8 Å². The molecule has 0 spiro atoms. The molecule has 0 aromatic carbocycles. The number of aryl methyl sites for hydroxylation is 1. The Morgan fingerprint density at radius 1 is 1.53 bits per heavy atom. The summed E-state index contributed by atoms with van der Waals surface area (Å²) in [7, 11) is 0. The monoisotopic (exact) mass is 278 g/mol. The Bertz CT molecular complexity index is 570. The Labute approximate surface area is 115 Å². The molecule has 2 heterocycles. The van der Waals surface area contributed by atoms with Gasteiger partial charge in [-0.15, -0.1) is 0 Å². The van der Waals surface area contributed by atoms with Crippen LogP contribution in [0.25, 0.3) is 5.82 Å². The van der Waals surface area contributed by atoms with Crippen molar-refractivity contribution in [3.8, 4) is 5.82 Å². The zero-order valence-corrected chi connectivity index (χ0v) is 11.6. The maximum Gasteiger partial charge on any atom is 0.316 e. The molecule has 7 heteroatoms. The van der Waals surface area contributed by atoms with E-state index in [1.165, 1.54) is 11.8 Å². The smallest absolute Gasteiger partial charge is 0.316 e. The molecule has 0 amide bonds. The van der Waals surface area contributed by atoms with E-state index in [-0.39, 0.29) is 11.7 Å². The van der Waals surface area contributed by atoms with Crippen molar-refractivity contribution >= 4 is 17.7 Å². The normalized spacial score (nSPS) is 10.4. The number of ether oxygens (including phenoxy) is 1. The largest absolute Gasteiger partial charge is 0.465 e. The fraction of sp³-hybridized carbons (Fsp3) is 0.333. The van der Waals surface area contributed by atoms with Gasteiger partial charge in [0.1, 0.15) is 0 Å². The summed E-state index contributed by atoms with van der Waals surface area (Å²) in [6, 6.07) is 1.76. The van der Waals surface area contributed by atoms with E-state index in [0.29, 0.717) is 17.6 Å². The quantitative estimate of drug-likeness (QED) is 0.470. The summed E-state index contributed by atoms with van der Waals surface area (Å²) in [5.41, 5.74) is 1.05. The summed E-state index contributed by atoms with van der Waals surface area (Å²) in [6.45, 7) is 4.12. The van der Waals surface area contributed by atoms with E-state index in [0.717, 1.165) is 5.56 Å². The fourth-order valence-electron chi connectivity index (χ4n) is 1.39. The molecule has 2 aromatic heterocycles. The average molecular weight is 278 g/mol. The van der Waals surface area contributed by atoms with Crippen LogP contribution in [0, 0.1) is 6.92 Å². The summed E-state index contributed by atoms with van der Waals surface area (Å²) >= 11 is 1.25. The van der Waals surface area contributed by atoms with Crippen molar-refractivity contribution in [2.45, 2.75) is 19.0 Å². The van der Waals surface area contributed by atoms with Crippen molar-refractivity contribution < 1.29 is 9.53 Å². The second kappa shape index (κ2) is 6.33. The Morgan fingerprint density at radius 2 is 2.37 bits per heavy atom. The number of carbonyl (C=O) groups is 1. The second-order valence-electron chi connectivity index (χ2n) is 3.75. The Hall–Kier alpha value is -1.89. The maximum atomic E-state index is 11.3. The van der Waals surface area contributed by atoms with Crippen LogP contribution in [0.5, 0.6) is 0 Å². The first kappa shape index (κ1) is 13.5. The lowest BCUT2D eigenvalue weighted by Crippen LogP contribution is -2.07. The van der Waals surface area contributed by atoms with Crippen LogP contribution in [-0.4, -0.2) is 38.1 Å². The summed E-state index contributed by atoms with van der Waals surface area (Å²) in [6.07, 6.45) is 5.28. The lowest BCUT2D eigenvalue weighted by Gasteiger charge is -2.03. The molecule has 100 valence electrons. The summed E-state index contributed by atoms with van der Waals surface area (Å²) in [5, 5.41) is 4.70. The third-order valence-corrected chi connectivity index (χ3v) is 3.02. The summed E-state index contributed by atoms with van der Waals surface area (Å²) < 4.78 is 6.52. The van der Waals surface area contributed by atoms with Gasteiger partial charge in [-0.25, -0.2) is 14.6 Å². The summed E-state index contributed by atoms with van der Waals surface area (Å²) in [5.74, 6) is 0.612. The van der Waals surface area contributed by atoms with Crippen molar-refractivity contribution in [2.75, 3.05) is 12.4 Å². The number of rotatable bonds is 5. The minimum atomic E-state index is -0.267. The van der Waals surface area contributed by atoms with Crippen molar-refractivity contribution in [2.24, 2.45) is 0 Å². The number of aromatic nitrogens is 4. The Morgan fingerprint density at radius 3 is 3.05 bits per heavy atom. The molecule has 0 radical (unpaired) electrons. The number of nitrogens with zero attached hydrogens (tertiary/aromatic N) is 4. The van der Waals surface area contributed by atoms with Gasteiger partial charge in [0.05, 0.1) is 18.6 Å². The van der Waals surface area contributed by atoms with Gasteiger partial charge in [0.15, 0.2) is 11.0 Å². The van der Waals surface area contributed by atoms with E-state index in [1.807, 2.05) is 13.1 Å². The van der Waals surface area contributed by atoms with Crippen molar-refractivity contribution in [1.82, 2.24) is 19.7 Å². The molecule has 0 atom stereocenters. The van der Waals surface area contributed by atoms with Gasteiger partial charge in [0, 0.05) is 18.5 Å². The third kappa shape index (κ3) is 3.78. The van der Waals surface area contributed by atoms with Crippen molar-refractivity contribution in [3.63, 3.8) is 0 Å². The van der Waals surface area contributed by atoms with Crippen LogP contribution in [0.2, 0.25) is 0 Å². The molecule has 0 saturated carbocycles. The van der Waals surface area contributed by atoms with E-state index in [4.69, 9.17) is 4.74 Å². The zero-order chi connectivity index (χ0) is 13.7. The van der Waals surface area contributed by atoms with E-state index >= 15 is 0 Å². The minimum absolute atomic E-state index is 0.204. The van der Waals surface area contributed by atoms with Crippen LogP contribution in [0.3, 0.4) is 0 Å². The van der Waals surface area contributed by atoms with Gasteiger partial charge in [-0.3, -0.25) is 4.79 Å². The molecular weight excluding hydrogens is 264 g/mol. The molecule has 19 heavy (non-hydrogen) atoms. The minimum Gasteiger partial charge on any atom is -0.465 e. The standard InChI is InChI=1S/C12H14N4O2S/c1-3-18-11(17)8-19-12-13-5-4-10(15-12)16-7-9(2)6-14-16/h4-7H,3,8H2,1-2H3. The Kier molecular flexibility index (Phi) is 4.51. The molecule has 0 aliphatic heterocycles. The highest BCUT2D eigenvalue weighted by molar-refractivity contribution is 7.99. The maximum absolute atomic E-state index is 11.3. The molecule has 2 rings (SSSR count). The van der Waals surface area contributed by atoms with Gasteiger partial charge in [0.2, 0.25) is 0 Å². The lowest BCUT2D eigenvalue weighted by atomic mass is 10.4. The fourth-order valence-corrected chi connectivity index (χ4v) is 2.02. The third-order valence-electron chi connectivity index (χ3n) is 2.19. The topological polar surface area (TPSA) is 69.9 Å². The molecule has 0 saturated heterocycles. The molecule has 0 bridgehead atoms. The van der Waals surface area contributed by atoms with Gasteiger partial charge in [0.25, 0.3) is 0 Å². The van der Waals surface area contributed by atoms with E-state index in [9.17, 15) is 4.79 Å². The number of hydrogen-bond donors (Lipinski definition) is 0. The van der Waals surface area contributed by atoms with E-state index < -0.39 is 0 Å². The predicted molar refractivity (Wildman–Crippen MR) is 71.2 cm³/mol.